The molecule has 0 aromatic rings. The summed E-state index contributed by atoms with van der Waals surface area (Å²) in [4.78, 5) is 0. The van der Waals surface area contributed by atoms with Crippen LogP contribution in [-0.2, 0) is 10.8 Å². The van der Waals surface area contributed by atoms with Crippen LogP contribution in [0.3, 0.4) is 0 Å². The second kappa shape index (κ2) is 7.61. The zero-order chi connectivity index (χ0) is 12.8. The van der Waals surface area contributed by atoms with E-state index in [1.54, 1.807) is 6.26 Å². The number of nitrogens with one attached hydrogen (secondary N) is 2. The van der Waals surface area contributed by atoms with Gasteiger partial charge in [-0.05, 0) is 38.1 Å². The lowest BCUT2D eigenvalue weighted by Crippen LogP contribution is -2.51. The van der Waals surface area contributed by atoms with Gasteiger partial charge < -0.3 is 10.6 Å². The number of piperidine rings is 1. The van der Waals surface area contributed by atoms with Gasteiger partial charge in [-0.25, -0.2) is 0 Å². The van der Waals surface area contributed by atoms with Crippen LogP contribution >= 0.6 is 0 Å². The van der Waals surface area contributed by atoms with E-state index in [9.17, 15) is 4.21 Å². The quantitative estimate of drug-likeness (QED) is 0.800. The van der Waals surface area contributed by atoms with Crippen molar-refractivity contribution in [1.29, 1.82) is 0 Å². The van der Waals surface area contributed by atoms with Crippen LogP contribution in [-0.4, -0.2) is 41.4 Å². The molecule has 4 unspecified atom stereocenters. The van der Waals surface area contributed by atoms with E-state index < -0.39 is 10.8 Å². The van der Waals surface area contributed by atoms with E-state index in [4.69, 9.17) is 0 Å². The first kappa shape index (κ1) is 14.5. The lowest BCUT2D eigenvalue weighted by Gasteiger charge is -2.40. The molecule has 1 heterocycles. The molecule has 4 atom stereocenters. The number of hydrogen-bond acceptors (Lipinski definition) is 3. The normalized spacial score (nSPS) is 35.3. The summed E-state index contributed by atoms with van der Waals surface area (Å²) < 4.78 is 11.1. The van der Waals surface area contributed by atoms with Crippen LogP contribution in [0.5, 0.6) is 0 Å². The molecule has 2 N–H and O–H groups in total. The Morgan fingerprint density at radius 1 is 1.17 bits per heavy atom. The van der Waals surface area contributed by atoms with Gasteiger partial charge in [-0.3, -0.25) is 4.21 Å². The van der Waals surface area contributed by atoms with Crippen molar-refractivity contribution in [2.45, 2.75) is 57.0 Å². The number of hydrogen-bond donors (Lipinski definition) is 2. The van der Waals surface area contributed by atoms with Gasteiger partial charge in [-0.2, -0.15) is 0 Å². The van der Waals surface area contributed by atoms with Crippen molar-refractivity contribution in [1.82, 2.24) is 10.6 Å². The Bertz CT molecular complexity index is 267. The minimum Gasteiger partial charge on any atom is -0.314 e. The van der Waals surface area contributed by atoms with Gasteiger partial charge in [0.25, 0.3) is 0 Å². The minimum absolute atomic E-state index is 0.651. The minimum atomic E-state index is -0.664. The first-order chi connectivity index (χ1) is 8.77. The fraction of sp³-hybridized carbons (Fsp3) is 1.00. The first-order valence-electron chi connectivity index (χ1n) is 7.54. The lowest BCUT2D eigenvalue weighted by atomic mass is 9.77. The van der Waals surface area contributed by atoms with Gasteiger partial charge in [0, 0.05) is 41.4 Å². The fourth-order valence-corrected chi connectivity index (χ4v) is 3.93. The van der Waals surface area contributed by atoms with Gasteiger partial charge in [0.05, 0.1) is 0 Å². The molecule has 2 fully saturated rings. The van der Waals surface area contributed by atoms with Crippen molar-refractivity contribution >= 4 is 10.8 Å². The third-order valence-corrected chi connectivity index (χ3v) is 5.26. The molecule has 0 spiro atoms. The van der Waals surface area contributed by atoms with E-state index in [1.165, 1.54) is 51.5 Å². The molecule has 1 aliphatic carbocycles. The Kier molecular flexibility index (Phi) is 6.12. The third-order valence-electron chi connectivity index (χ3n) is 4.48. The molecule has 1 aliphatic heterocycles. The summed E-state index contributed by atoms with van der Waals surface area (Å²) in [6.45, 7) is 2.11. The van der Waals surface area contributed by atoms with Crippen molar-refractivity contribution < 1.29 is 4.21 Å². The van der Waals surface area contributed by atoms with E-state index in [1.807, 2.05) is 0 Å². The standard InChI is InChI=1S/C14H28N2OS/c1-18(17)11-10-16-14-7-3-2-6-12(14)13-8-4-5-9-15-13/h12-16H,2-11H2,1H3. The highest BCUT2D eigenvalue weighted by Gasteiger charge is 2.31. The molecule has 106 valence electrons. The van der Waals surface area contributed by atoms with Gasteiger partial charge >= 0.3 is 0 Å². The molecule has 2 rings (SSSR count). The predicted molar refractivity (Wildman–Crippen MR) is 78.3 cm³/mol. The van der Waals surface area contributed by atoms with Crippen molar-refractivity contribution in [3.05, 3.63) is 0 Å². The molecule has 0 radical (unpaired) electrons. The van der Waals surface area contributed by atoms with Crippen molar-refractivity contribution in [2.24, 2.45) is 5.92 Å². The van der Waals surface area contributed by atoms with Gasteiger partial charge in [0.1, 0.15) is 0 Å². The summed E-state index contributed by atoms with van der Waals surface area (Å²) in [5.74, 6) is 1.59. The Labute approximate surface area is 114 Å². The fourth-order valence-electron chi connectivity index (χ4n) is 3.53. The van der Waals surface area contributed by atoms with Gasteiger partial charge in [-0.15, -0.1) is 0 Å². The van der Waals surface area contributed by atoms with E-state index in [2.05, 4.69) is 10.6 Å². The van der Waals surface area contributed by atoms with Gasteiger partial charge in [-0.1, -0.05) is 19.3 Å². The zero-order valence-electron chi connectivity index (χ0n) is 11.6. The monoisotopic (exact) mass is 272 g/mol. The zero-order valence-corrected chi connectivity index (χ0v) is 12.4. The molecule has 18 heavy (non-hydrogen) atoms. The summed E-state index contributed by atoms with van der Waals surface area (Å²) in [7, 11) is -0.664. The summed E-state index contributed by atoms with van der Waals surface area (Å²) in [6.07, 6.45) is 11.3. The molecular formula is C14H28N2OS. The molecule has 3 nitrogen and oxygen atoms in total. The summed E-state index contributed by atoms with van der Waals surface area (Å²) >= 11 is 0. The Morgan fingerprint density at radius 2 is 1.94 bits per heavy atom. The Hall–Kier alpha value is 0.0700. The molecule has 0 bridgehead atoms. The van der Waals surface area contributed by atoms with Crippen LogP contribution in [0.15, 0.2) is 0 Å². The SMILES string of the molecule is CS(=O)CCNC1CCCCC1C1CCCCN1. The van der Waals surface area contributed by atoms with Crippen molar-refractivity contribution in [2.75, 3.05) is 25.1 Å². The smallest absolute Gasteiger partial charge is 0.0357 e. The van der Waals surface area contributed by atoms with Gasteiger partial charge in [0.15, 0.2) is 0 Å². The molecular weight excluding hydrogens is 244 g/mol. The highest BCUT2D eigenvalue weighted by Crippen LogP contribution is 2.30. The summed E-state index contributed by atoms with van der Waals surface area (Å²) in [6, 6.07) is 1.38. The van der Waals surface area contributed by atoms with Crippen molar-refractivity contribution in [3.8, 4) is 0 Å². The van der Waals surface area contributed by atoms with E-state index >= 15 is 0 Å². The molecule has 1 saturated carbocycles. The maximum absolute atomic E-state index is 11.1. The maximum Gasteiger partial charge on any atom is 0.0357 e. The van der Waals surface area contributed by atoms with E-state index in [0.717, 1.165) is 24.3 Å². The molecule has 0 aromatic heterocycles. The average Bonchev–Trinajstić information content (AvgIpc) is 2.40. The van der Waals surface area contributed by atoms with Crippen LogP contribution in [0.2, 0.25) is 0 Å². The second-order valence-electron chi connectivity index (χ2n) is 5.84. The molecule has 1 saturated heterocycles. The van der Waals surface area contributed by atoms with Crippen LogP contribution in [0.4, 0.5) is 0 Å². The second-order valence-corrected chi connectivity index (χ2v) is 7.40. The highest BCUT2D eigenvalue weighted by molar-refractivity contribution is 7.84. The van der Waals surface area contributed by atoms with Crippen LogP contribution in [0.1, 0.15) is 44.9 Å². The van der Waals surface area contributed by atoms with Gasteiger partial charge in [0.2, 0.25) is 0 Å². The van der Waals surface area contributed by atoms with E-state index in [0.29, 0.717) is 6.04 Å². The molecule has 0 aromatic carbocycles. The maximum atomic E-state index is 11.1. The highest BCUT2D eigenvalue weighted by atomic mass is 32.2. The Balaban J connectivity index is 1.82. The molecule has 4 heteroatoms. The van der Waals surface area contributed by atoms with Crippen molar-refractivity contribution in [3.63, 3.8) is 0 Å². The largest absolute Gasteiger partial charge is 0.314 e. The summed E-state index contributed by atoms with van der Waals surface area (Å²) in [5.41, 5.74) is 0. The number of rotatable bonds is 5. The Morgan fingerprint density at radius 3 is 2.67 bits per heavy atom. The topological polar surface area (TPSA) is 41.1 Å². The first-order valence-corrected chi connectivity index (χ1v) is 9.27. The molecule has 2 aliphatic rings. The van der Waals surface area contributed by atoms with E-state index in [-0.39, 0.29) is 0 Å². The molecule has 0 amide bonds. The van der Waals surface area contributed by atoms with Crippen LogP contribution in [0, 0.1) is 5.92 Å². The van der Waals surface area contributed by atoms with Crippen LogP contribution in [0.25, 0.3) is 0 Å². The third kappa shape index (κ3) is 4.32. The predicted octanol–water partition coefficient (Wildman–Crippen LogP) is 1.66. The lowest BCUT2D eigenvalue weighted by molar-refractivity contribution is 0.184. The average molecular weight is 272 g/mol. The summed E-state index contributed by atoms with van der Waals surface area (Å²) in [5, 5.41) is 7.39. The van der Waals surface area contributed by atoms with Crippen LogP contribution < -0.4 is 10.6 Å².